The lowest BCUT2D eigenvalue weighted by molar-refractivity contribution is -0.142. The molecular weight excluding hydrogens is 439 g/mol. The molecule has 12 heteroatoms. The molecule has 0 aliphatic carbocycles. The summed E-state index contributed by atoms with van der Waals surface area (Å²) in [5.41, 5.74) is -0.761. The number of hydrogen-bond donors (Lipinski definition) is 2. The summed E-state index contributed by atoms with van der Waals surface area (Å²) < 4.78 is 41.3. The van der Waals surface area contributed by atoms with Crippen LogP contribution in [0.15, 0.2) is 65.6 Å². The van der Waals surface area contributed by atoms with E-state index >= 15 is 0 Å². The number of hydrogen-bond acceptors (Lipinski definition) is 6. The Morgan fingerprint density at radius 1 is 1.09 bits per heavy atom. The maximum Gasteiger partial charge on any atom is 0.433 e. The number of anilines is 1. The molecule has 0 bridgehead atoms. The van der Waals surface area contributed by atoms with Crippen LogP contribution >= 0.6 is 0 Å². The van der Waals surface area contributed by atoms with Crippen molar-refractivity contribution in [3.05, 3.63) is 88.0 Å². The zero-order valence-electron chi connectivity index (χ0n) is 16.5. The summed E-state index contributed by atoms with van der Waals surface area (Å²) in [7, 11) is 0. The molecule has 1 amide bonds. The first-order valence-corrected chi connectivity index (χ1v) is 9.26. The molecule has 3 aromatic heterocycles. The number of carbonyl (C=O) groups excluding carboxylic acids is 1. The molecular formula is C21H12F3N7O2. The van der Waals surface area contributed by atoms with Crippen molar-refractivity contribution in [2.75, 3.05) is 5.32 Å². The van der Waals surface area contributed by atoms with E-state index in [2.05, 4.69) is 25.6 Å². The number of carbonyl (C=O) groups is 1. The van der Waals surface area contributed by atoms with Crippen LogP contribution in [0.3, 0.4) is 0 Å². The number of nitriles is 1. The van der Waals surface area contributed by atoms with Crippen molar-refractivity contribution in [3.8, 4) is 23.1 Å². The Kier molecular flexibility index (Phi) is 5.45. The summed E-state index contributed by atoms with van der Waals surface area (Å²) in [5, 5.41) is 22.9. The van der Waals surface area contributed by atoms with Gasteiger partial charge in [-0.3, -0.25) is 9.59 Å². The Balaban J connectivity index is 1.63. The van der Waals surface area contributed by atoms with Crippen molar-refractivity contribution < 1.29 is 18.0 Å². The highest BCUT2D eigenvalue weighted by atomic mass is 19.4. The number of pyridine rings is 1. The Bertz CT molecular complexity index is 1410. The quantitative estimate of drug-likeness (QED) is 0.490. The highest BCUT2D eigenvalue weighted by Gasteiger charge is 2.37. The lowest BCUT2D eigenvalue weighted by Crippen LogP contribution is -2.16. The van der Waals surface area contributed by atoms with Crippen LogP contribution in [0.1, 0.15) is 21.6 Å². The maximum absolute atomic E-state index is 13.6. The van der Waals surface area contributed by atoms with Crippen molar-refractivity contribution >= 4 is 11.7 Å². The third kappa shape index (κ3) is 4.62. The lowest BCUT2D eigenvalue weighted by Gasteiger charge is -2.09. The van der Waals surface area contributed by atoms with Crippen LogP contribution in [-0.4, -0.2) is 30.9 Å². The molecule has 4 rings (SSSR count). The summed E-state index contributed by atoms with van der Waals surface area (Å²) in [6.07, 6.45) is -3.49. The van der Waals surface area contributed by atoms with Crippen LogP contribution in [0.4, 0.5) is 19.0 Å². The first-order chi connectivity index (χ1) is 15.7. The summed E-state index contributed by atoms with van der Waals surface area (Å²) in [6.45, 7) is 0. The van der Waals surface area contributed by atoms with Gasteiger partial charge in [0.1, 0.15) is 0 Å². The summed E-state index contributed by atoms with van der Waals surface area (Å²) in [6, 6.07) is 13.7. The molecule has 164 valence electrons. The number of aromatic amines is 1. The zero-order chi connectivity index (χ0) is 23.6. The molecule has 1 aromatic carbocycles. The van der Waals surface area contributed by atoms with E-state index < -0.39 is 23.3 Å². The fourth-order valence-electron chi connectivity index (χ4n) is 2.89. The monoisotopic (exact) mass is 451 g/mol. The number of H-pyrrole nitrogens is 1. The number of rotatable bonds is 4. The van der Waals surface area contributed by atoms with Crippen molar-refractivity contribution in [3.63, 3.8) is 0 Å². The maximum atomic E-state index is 13.6. The second-order valence-electron chi connectivity index (χ2n) is 6.69. The van der Waals surface area contributed by atoms with Crippen molar-refractivity contribution in [1.29, 1.82) is 5.26 Å². The Morgan fingerprint density at radius 2 is 1.91 bits per heavy atom. The van der Waals surface area contributed by atoms with E-state index in [1.54, 1.807) is 6.07 Å². The van der Waals surface area contributed by atoms with Crippen molar-refractivity contribution in [1.82, 2.24) is 25.0 Å². The van der Waals surface area contributed by atoms with E-state index in [4.69, 9.17) is 5.26 Å². The molecule has 0 saturated carbocycles. The predicted octanol–water partition coefficient (Wildman–Crippen LogP) is 3.16. The third-order valence-corrected chi connectivity index (χ3v) is 4.44. The van der Waals surface area contributed by atoms with E-state index in [1.165, 1.54) is 48.7 Å². The van der Waals surface area contributed by atoms with Gasteiger partial charge in [0, 0.05) is 23.4 Å². The molecule has 0 aliphatic rings. The Labute approximate surface area is 183 Å². The van der Waals surface area contributed by atoms with Crippen LogP contribution < -0.4 is 10.9 Å². The molecule has 0 fully saturated rings. The largest absolute Gasteiger partial charge is 0.433 e. The second kappa shape index (κ2) is 8.39. The van der Waals surface area contributed by atoms with Crippen LogP contribution in [0.25, 0.3) is 17.1 Å². The van der Waals surface area contributed by atoms with Gasteiger partial charge < -0.3 is 10.3 Å². The van der Waals surface area contributed by atoms with Gasteiger partial charge >= 0.3 is 6.18 Å². The molecule has 3 heterocycles. The van der Waals surface area contributed by atoms with E-state index in [9.17, 15) is 22.8 Å². The normalized spacial score (nSPS) is 11.1. The molecule has 2 N–H and O–H groups in total. The van der Waals surface area contributed by atoms with Gasteiger partial charge in [-0.25, -0.2) is 4.68 Å². The molecule has 0 radical (unpaired) electrons. The van der Waals surface area contributed by atoms with Gasteiger partial charge in [0.15, 0.2) is 17.3 Å². The molecule has 9 nitrogen and oxygen atoms in total. The number of amides is 1. The average molecular weight is 451 g/mol. The summed E-state index contributed by atoms with van der Waals surface area (Å²) in [4.78, 5) is 25.9. The Morgan fingerprint density at radius 3 is 2.55 bits per heavy atom. The number of aromatic nitrogens is 5. The SMILES string of the molecule is N#Cc1cccc(C(=O)Nc2ccc(-n3nc(-c4ccc(=O)[nH]c4)cc3C(F)(F)F)nn2)c1. The Hall–Kier alpha value is -4.79. The summed E-state index contributed by atoms with van der Waals surface area (Å²) >= 11 is 0. The fraction of sp³-hybridized carbons (Fsp3) is 0.0476. The molecule has 33 heavy (non-hydrogen) atoms. The van der Waals surface area contributed by atoms with Gasteiger partial charge in [0.2, 0.25) is 5.56 Å². The van der Waals surface area contributed by atoms with Crippen LogP contribution in [0.5, 0.6) is 0 Å². The minimum Gasteiger partial charge on any atom is -0.328 e. The molecule has 4 aromatic rings. The predicted molar refractivity (Wildman–Crippen MR) is 109 cm³/mol. The van der Waals surface area contributed by atoms with Crippen LogP contribution in [0.2, 0.25) is 0 Å². The minimum absolute atomic E-state index is 0.00677. The van der Waals surface area contributed by atoms with Gasteiger partial charge in [0.25, 0.3) is 5.91 Å². The smallest absolute Gasteiger partial charge is 0.328 e. The van der Waals surface area contributed by atoms with Crippen molar-refractivity contribution in [2.24, 2.45) is 0 Å². The third-order valence-electron chi connectivity index (χ3n) is 4.44. The first kappa shape index (κ1) is 21.4. The van der Waals surface area contributed by atoms with Gasteiger partial charge in [-0.05, 0) is 42.5 Å². The number of alkyl halides is 3. The molecule has 0 atom stereocenters. The van der Waals surface area contributed by atoms with Gasteiger partial charge in [-0.2, -0.15) is 23.5 Å². The van der Waals surface area contributed by atoms with Gasteiger partial charge in [0.05, 0.1) is 17.3 Å². The van der Waals surface area contributed by atoms with E-state index in [0.29, 0.717) is 10.2 Å². The molecule has 0 saturated heterocycles. The number of benzene rings is 1. The summed E-state index contributed by atoms with van der Waals surface area (Å²) in [5.74, 6) is -0.806. The van der Waals surface area contributed by atoms with Crippen LogP contribution in [0, 0.1) is 11.3 Å². The zero-order valence-corrected chi connectivity index (χ0v) is 16.5. The van der Waals surface area contributed by atoms with Crippen molar-refractivity contribution in [2.45, 2.75) is 6.18 Å². The molecule has 0 spiro atoms. The van der Waals surface area contributed by atoms with Gasteiger partial charge in [-0.1, -0.05) is 6.07 Å². The van der Waals surface area contributed by atoms with Gasteiger partial charge in [-0.15, -0.1) is 10.2 Å². The first-order valence-electron chi connectivity index (χ1n) is 9.26. The number of halogens is 3. The highest BCUT2D eigenvalue weighted by molar-refractivity contribution is 6.03. The topological polar surface area (TPSA) is 129 Å². The van der Waals surface area contributed by atoms with Crippen LogP contribution in [-0.2, 0) is 6.18 Å². The van der Waals surface area contributed by atoms with E-state index in [0.717, 1.165) is 6.07 Å². The number of nitrogens with one attached hydrogen (secondary N) is 2. The number of nitrogens with zero attached hydrogens (tertiary/aromatic N) is 5. The minimum atomic E-state index is -4.74. The molecule has 0 unspecified atom stereocenters. The standard InChI is InChI=1S/C21H12F3N7O2/c22-21(23,24)16-9-15(14-4-7-19(32)26-11-14)30-31(16)18-6-5-17(28-29-18)27-20(33)13-3-1-2-12(8-13)10-25/h1-9,11H,(H,26,32)(H,27,28,33). The fourth-order valence-corrected chi connectivity index (χ4v) is 2.89. The molecule has 0 aliphatic heterocycles. The lowest BCUT2D eigenvalue weighted by atomic mass is 10.1. The second-order valence-corrected chi connectivity index (χ2v) is 6.69. The van der Waals surface area contributed by atoms with E-state index in [1.807, 2.05) is 6.07 Å². The van der Waals surface area contributed by atoms with E-state index in [-0.39, 0.29) is 28.5 Å². The highest BCUT2D eigenvalue weighted by Crippen LogP contribution is 2.33. The average Bonchev–Trinajstić information content (AvgIpc) is 3.26.